The molecule has 0 heterocycles. The van der Waals surface area contributed by atoms with Gasteiger partial charge in [0.25, 0.3) is 0 Å². The smallest absolute Gasteiger partial charge is 0.310 e. The molecule has 35 heavy (non-hydrogen) atoms. The van der Waals surface area contributed by atoms with Crippen LogP contribution in [0.5, 0.6) is 0 Å². The van der Waals surface area contributed by atoms with Gasteiger partial charge < -0.3 is 15.3 Å². The van der Waals surface area contributed by atoms with E-state index in [9.17, 15) is 24.9 Å². The molecule has 4 fully saturated rings. The van der Waals surface area contributed by atoms with Crippen LogP contribution < -0.4 is 0 Å². The second-order valence-corrected chi connectivity index (χ2v) is 14.6. The molecule has 0 aromatic carbocycles. The zero-order chi connectivity index (χ0) is 25.9. The lowest BCUT2D eigenvalue weighted by Gasteiger charge is -2.69. The molecule has 0 radical (unpaired) electrons. The van der Waals surface area contributed by atoms with E-state index in [2.05, 4.69) is 54.5 Å². The molecule has 10 atom stereocenters. The predicted molar refractivity (Wildman–Crippen MR) is 134 cm³/mol. The first kappa shape index (κ1) is 25.4. The number of allylic oxidation sites excluding steroid dienone is 1. The molecule has 5 aliphatic rings. The van der Waals surface area contributed by atoms with E-state index >= 15 is 0 Å². The van der Waals surface area contributed by atoms with E-state index < -0.39 is 34.4 Å². The molecule has 0 bridgehead atoms. The first-order valence-corrected chi connectivity index (χ1v) is 13.9. The van der Waals surface area contributed by atoms with Crippen molar-refractivity contribution in [1.29, 1.82) is 0 Å². The molecule has 4 saturated carbocycles. The Morgan fingerprint density at radius 3 is 2.23 bits per heavy atom. The predicted octanol–water partition coefficient (Wildman–Crippen LogP) is 5.24. The van der Waals surface area contributed by atoms with Crippen molar-refractivity contribution < 1.29 is 24.9 Å². The monoisotopic (exact) mass is 486 g/mol. The number of carboxylic acids is 1. The second kappa shape index (κ2) is 7.43. The third kappa shape index (κ3) is 2.83. The number of Topliss-reactive ketones (excluding diaryl/α,β-unsaturated/α-hetero) is 1. The van der Waals surface area contributed by atoms with Crippen LogP contribution in [0.2, 0.25) is 0 Å². The Kier molecular flexibility index (Phi) is 5.40. The van der Waals surface area contributed by atoms with Crippen LogP contribution in [0.1, 0.15) is 93.4 Å². The lowest BCUT2D eigenvalue weighted by Crippen LogP contribution is -2.67. The highest BCUT2D eigenvalue weighted by Crippen LogP contribution is 2.76. The van der Waals surface area contributed by atoms with E-state index in [1.165, 1.54) is 5.57 Å². The minimum atomic E-state index is -0.918. The molecule has 5 aliphatic carbocycles. The summed E-state index contributed by atoms with van der Waals surface area (Å²) in [7, 11) is 0. The zero-order valence-corrected chi connectivity index (χ0v) is 22.7. The Morgan fingerprint density at radius 1 is 0.971 bits per heavy atom. The lowest BCUT2D eigenvalue weighted by molar-refractivity contribution is -0.210. The maximum atomic E-state index is 13.0. The Morgan fingerprint density at radius 2 is 1.63 bits per heavy atom. The number of aliphatic carboxylic acids is 1. The number of ketones is 1. The van der Waals surface area contributed by atoms with E-state index in [0.29, 0.717) is 31.5 Å². The fourth-order valence-corrected chi connectivity index (χ4v) is 10.9. The highest BCUT2D eigenvalue weighted by atomic mass is 16.4. The van der Waals surface area contributed by atoms with E-state index in [4.69, 9.17) is 0 Å². The Labute approximate surface area is 210 Å². The molecular formula is C30H46O5. The van der Waals surface area contributed by atoms with Gasteiger partial charge in [0.2, 0.25) is 0 Å². The van der Waals surface area contributed by atoms with Crippen molar-refractivity contribution in [2.24, 2.45) is 56.7 Å². The quantitative estimate of drug-likeness (QED) is 0.464. The molecule has 5 nitrogen and oxygen atoms in total. The number of fused-ring (bicyclic) bond motifs is 7. The number of carbonyl (C=O) groups excluding carboxylic acids is 1. The summed E-state index contributed by atoms with van der Waals surface area (Å²) in [6.07, 6.45) is 5.68. The van der Waals surface area contributed by atoms with Crippen LogP contribution in [-0.4, -0.2) is 39.3 Å². The van der Waals surface area contributed by atoms with Crippen molar-refractivity contribution in [2.75, 3.05) is 0 Å². The number of aliphatic hydroxyl groups excluding tert-OH is 2. The normalized spacial score (nSPS) is 52.7. The molecule has 0 saturated heterocycles. The van der Waals surface area contributed by atoms with Gasteiger partial charge in [-0.2, -0.15) is 0 Å². The summed E-state index contributed by atoms with van der Waals surface area (Å²) in [5, 5.41) is 34.0. The second-order valence-electron chi connectivity index (χ2n) is 14.6. The molecule has 3 N–H and O–H groups in total. The first-order valence-electron chi connectivity index (χ1n) is 13.9. The van der Waals surface area contributed by atoms with Gasteiger partial charge in [-0.15, -0.1) is 0 Å². The van der Waals surface area contributed by atoms with Crippen molar-refractivity contribution in [1.82, 2.24) is 0 Å². The summed E-state index contributed by atoms with van der Waals surface area (Å²) < 4.78 is 0. The number of rotatable bonds is 2. The summed E-state index contributed by atoms with van der Waals surface area (Å²) in [5.41, 5.74) is -0.950. The summed E-state index contributed by atoms with van der Waals surface area (Å²) in [6, 6.07) is 0. The van der Waals surface area contributed by atoms with Gasteiger partial charge in [-0.1, -0.05) is 60.1 Å². The van der Waals surface area contributed by atoms with Crippen LogP contribution in [0.4, 0.5) is 0 Å². The lowest BCUT2D eigenvalue weighted by atomic mass is 9.35. The van der Waals surface area contributed by atoms with Crippen LogP contribution >= 0.6 is 0 Å². The Hall–Kier alpha value is -1.20. The highest BCUT2D eigenvalue weighted by molar-refractivity contribution is 5.86. The minimum Gasteiger partial charge on any atom is -0.481 e. The number of carbonyl (C=O) groups is 2. The van der Waals surface area contributed by atoms with Gasteiger partial charge in [0.05, 0.1) is 17.6 Å². The standard InChI is InChI=1S/C30H46O5/c1-16(2)18-14-20(32)24-29(7)11-8-17-23(28(29,6)12-13-30(18,24)25(34)35)19(31)15-21-26(3,4)22(33)9-10-27(17,21)5/h8,16,18-21,23-24,31-32H,9-15H2,1-7H3,(H,34,35). The molecule has 10 unspecified atom stereocenters. The van der Waals surface area contributed by atoms with Crippen LogP contribution in [0.25, 0.3) is 0 Å². The third-order valence-electron chi connectivity index (χ3n) is 12.9. The van der Waals surface area contributed by atoms with Crippen LogP contribution in [0.3, 0.4) is 0 Å². The third-order valence-corrected chi connectivity index (χ3v) is 12.9. The number of hydrogen-bond donors (Lipinski definition) is 3. The molecule has 0 aromatic heterocycles. The molecule has 5 rings (SSSR count). The van der Waals surface area contributed by atoms with Crippen molar-refractivity contribution in [3.05, 3.63) is 11.6 Å². The van der Waals surface area contributed by atoms with Gasteiger partial charge >= 0.3 is 5.97 Å². The summed E-state index contributed by atoms with van der Waals surface area (Å²) >= 11 is 0. The largest absolute Gasteiger partial charge is 0.481 e. The molecule has 5 heteroatoms. The number of aliphatic hydroxyl groups is 2. The van der Waals surface area contributed by atoms with Crippen molar-refractivity contribution in [3.8, 4) is 0 Å². The number of hydrogen-bond acceptors (Lipinski definition) is 4. The molecule has 0 aliphatic heterocycles. The molecule has 0 amide bonds. The van der Waals surface area contributed by atoms with Gasteiger partial charge in [-0.3, -0.25) is 9.59 Å². The van der Waals surface area contributed by atoms with Gasteiger partial charge in [-0.25, -0.2) is 0 Å². The van der Waals surface area contributed by atoms with Crippen LogP contribution in [0.15, 0.2) is 11.6 Å². The molecule has 0 aromatic rings. The fourth-order valence-electron chi connectivity index (χ4n) is 10.9. The summed E-state index contributed by atoms with van der Waals surface area (Å²) in [5.74, 6) is -0.603. The van der Waals surface area contributed by atoms with Gasteiger partial charge in [-0.05, 0) is 72.5 Å². The summed E-state index contributed by atoms with van der Waals surface area (Å²) in [4.78, 5) is 25.9. The van der Waals surface area contributed by atoms with Crippen molar-refractivity contribution >= 4 is 11.8 Å². The Balaban J connectivity index is 1.65. The van der Waals surface area contributed by atoms with Gasteiger partial charge in [0.15, 0.2) is 0 Å². The van der Waals surface area contributed by atoms with E-state index in [0.717, 1.165) is 19.3 Å². The summed E-state index contributed by atoms with van der Waals surface area (Å²) in [6.45, 7) is 15.1. The van der Waals surface area contributed by atoms with Gasteiger partial charge in [0, 0.05) is 23.7 Å². The van der Waals surface area contributed by atoms with E-state index in [-0.39, 0.29) is 40.4 Å². The molecule has 196 valence electrons. The van der Waals surface area contributed by atoms with E-state index in [1.807, 2.05) is 0 Å². The average molecular weight is 487 g/mol. The van der Waals surface area contributed by atoms with Gasteiger partial charge in [0.1, 0.15) is 5.78 Å². The topological polar surface area (TPSA) is 94.8 Å². The first-order chi connectivity index (χ1) is 16.1. The van der Waals surface area contributed by atoms with Crippen LogP contribution in [0, 0.1) is 56.7 Å². The molecule has 0 spiro atoms. The van der Waals surface area contributed by atoms with Crippen molar-refractivity contribution in [2.45, 2.75) is 106 Å². The minimum absolute atomic E-state index is 0.0462. The van der Waals surface area contributed by atoms with E-state index in [1.54, 1.807) is 0 Å². The SMILES string of the molecule is CC(C)C1CC(O)C2C1(C(=O)O)CCC1(C)C3C(=CCC21C)C1(C)CCC(=O)C(C)(C)C1CC3O. The fraction of sp³-hybridized carbons (Fsp3) is 0.867. The molecular weight excluding hydrogens is 440 g/mol. The highest BCUT2D eigenvalue weighted by Gasteiger charge is 2.74. The Bertz CT molecular complexity index is 981. The maximum Gasteiger partial charge on any atom is 0.310 e. The maximum absolute atomic E-state index is 13.0. The number of carboxylic acid groups (broad SMARTS) is 1. The van der Waals surface area contributed by atoms with Crippen LogP contribution in [-0.2, 0) is 9.59 Å². The zero-order valence-electron chi connectivity index (χ0n) is 22.7. The average Bonchev–Trinajstić information content (AvgIpc) is 3.09. The van der Waals surface area contributed by atoms with Crippen molar-refractivity contribution in [3.63, 3.8) is 0 Å².